The molecule has 4 heteroatoms. The van der Waals surface area contributed by atoms with E-state index in [0.29, 0.717) is 26.6 Å². The molecule has 18 heavy (non-hydrogen) atoms. The minimum absolute atomic E-state index is 0.553. The summed E-state index contributed by atoms with van der Waals surface area (Å²) in [6, 6.07) is 12.9. The summed E-state index contributed by atoms with van der Waals surface area (Å²) in [5.74, 6) is 1.27. The van der Waals surface area contributed by atoms with Crippen molar-refractivity contribution in [3.8, 4) is 17.6 Å². The number of nitrogens with zero attached hydrogens (tertiary/aromatic N) is 1. The first-order valence-electron chi connectivity index (χ1n) is 5.24. The molecule has 0 unspecified atom stereocenters. The molecule has 0 spiro atoms. The van der Waals surface area contributed by atoms with Crippen LogP contribution in [0.4, 0.5) is 0 Å². The SMILES string of the molecule is Cc1cc(C#N)c(Br)cc1Oc1ccccc1Cl. The molecular formula is C14H9BrClNO. The van der Waals surface area contributed by atoms with Gasteiger partial charge in [0.1, 0.15) is 17.6 Å². The van der Waals surface area contributed by atoms with Crippen molar-refractivity contribution in [2.24, 2.45) is 0 Å². The second kappa shape index (κ2) is 5.43. The molecule has 0 amide bonds. The third-order valence-corrected chi connectivity index (χ3v) is 3.41. The van der Waals surface area contributed by atoms with Crippen LogP contribution < -0.4 is 4.74 Å². The molecule has 0 heterocycles. The summed E-state index contributed by atoms with van der Waals surface area (Å²) in [5, 5.41) is 9.48. The van der Waals surface area contributed by atoms with Crippen molar-refractivity contribution >= 4 is 27.5 Å². The second-order valence-electron chi connectivity index (χ2n) is 3.74. The lowest BCUT2D eigenvalue weighted by Crippen LogP contribution is -1.90. The molecule has 0 aliphatic rings. The maximum absolute atomic E-state index is 8.93. The van der Waals surface area contributed by atoms with Crippen molar-refractivity contribution in [1.29, 1.82) is 5.26 Å². The number of halogens is 2. The highest BCUT2D eigenvalue weighted by atomic mass is 79.9. The Labute approximate surface area is 119 Å². The van der Waals surface area contributed by atoms with E-state index in [4.69, 9.17) is 21.6 Å². The largest absolute Gasteiger partial charge is 0.455 e. The van der Waals surface area contributed by atoms with Crippen LogP contribution in [0.15, 0.2) is 40.9 Å². The second-order valence-corrected chi connectivity index (χ2v) is 5.00. The van der Waals surface area contributed by atoms with E-state index in [-0.39, 0.29) is 0 Å². The molecule has 2 aromatic carbocycles. The standard InChI is InChI=1S/C14H9BrClNO/c1-9-6-10(8-17)11(15)7-14(9)18-13-5-3-2-4-12(13)16/h2-7H,1H3. The number of para-hydroxylation sites is 1. The van der Waals surface area contributed by atoms with Crippen LogP contribution in [-0.2, 0) is 0 Å². The van der Waals surface area contributed by atoms with E-state index in [1.807, 2.05) is 19.1 Å². The van der Waals surface area contributed by atoms with Gasteiger partial charge in [0.15, 0.2) is 0 Å². The molecule has 2 aromatic rings. The molecule has 2 nitrogen and oxygen atoms in total. The lowest BCUT2D eigenvalue weighted by Gasteiger charge is -2.11. The first-order valence-corrected chi connectivity index (χ1v) is 6.41. The molecule has 0 saturated heterocycles. The fourth-order valence-corrected chi connectivity index (χ4v) is 2.09. The number of hydrogen-bond donors (Lipinski definition) is 0. The fourth-order valence-electron chi connectivity index (χ4n) is 1.50. The Kier molecular flexibility index (Phi) is 3.90. The van der Waals surface area contributed by atoms with Gasteiger partial charge in [-0.3, -0.25) is 0 Å². The van der Waals surface area contributed by atoms with Crippen molar-refractivity contribution in [3.63, 3.8) is 0 Å². The molecule has 0 N–H and O–H groups in total. The molecule has 2 rings (SSSR count). The Morgan fingerprint density at radius 3 is 2.61 bits per heavy atom. The van der Waals surface area contributed by atoms with Gasteiger partial charge in [-0.1, -0.05) is 23.7 Å². The van der Waals surface area contributed by atoms with Gasteiger partial charge in [0.25, 0.3) is 0 Å². The van der Waals surface area contributed by atoms with E-state index in [1.165, 1.54) is 0 Å². The topological polar surface area (TPSA) is 33.0 Å². The maximum atomic E-state index is 8.93. The minimum atomic E-state index is 0.553. The van der Waals surface area contributed by atoms with Crippen LogP contribution >= 0.6 is 27.5 Å². The lowest BCUT2D eigenvalue weighted by molar-refractivity contribution is 0.479. The highest BCUT2D eigenvalue weighted by Gasteiger charge is 2.08. The van der Waals surface area contributed by atoms with E-state index in [9.17, 15) is 0 Å². The molecular weight excluding hydrogens is 314 g/mol. The Bertz CT molecular complexity index is 634. The summed E-state index contributed by atoms with van der Waals surface area (Å²) in [6.07, 6.45) is 0. The van der Waals surface area contributed by atoms with Crippen LogP contribution in [0, 0.1) is 18.3 Å². The van der Waals surface area contributed by atoms with Gasteiger partial charge in [0.05, 0.1) is 10.6 Å². The number of benzene rings is 2. The number of ether oxygens (including phenoxy) is 1. The zero-order valence-corrected chi connectivity index (χ0v) is 11.9. The Balaban J connectivity index is 2.39. The van der Waals surface area contributed by atoms with Crippen molar-refractivity contribution < 1.29 is 4.74 Å². The molecule has 0 radical (unpaired) electrons. The summed E-state index contributed by atoms with van der Waals surface area (Å²) < 4.78 is 6.46. The van der Waals surface area contributed by atoms with Crippen LogP contribution in [0.25, 0.3) is 0 Å². The molecule has 0 bridgehead atoms. The molecule has 0 fully saturated rings. The third kappa shape index (κ3) is 2.66. The predicted molar refractivity (Wildman–Crippen MR) is 75.1 cm³/mol. The minimum Gasteiger partial charge on any atom is -0.455 e. The van der Waals surface area contributed by atoms with E-state index in [1.54, 1.807) is 24.3 Å². The van der Waals surface area contributed by atoms with Gasteiger partial charge in [-0.2, -0.15) is 5.26 Å². The van der Waals surface area contributed by atoms with Crippen molar-refractivity contribution in [2.45, 2.75) is 6.92 Å². The zero-order chi connectivity index (χ0) is 13.1. The van der Waals surface area contributed by atoms with Gasteiger partial charge in [0, 0.05) is 4.47 Å². The number of nitriles is 1. The Hall–Kier alpha value is -1.50. The molecule has 0 aliphatic heterocycles. The van der Waals surface area contributed by atoms with E-state index in [2.05, 4.69) is 22.0 Å². The quantitative estimate of drug-likeness (QED) is 0.773. The smallest absolute Gasteiger partial charge is 0.146 e. The van der Waals surface area contributed by atoms with Crippen LogP contribution in [-0.4, -0.2) is 0 Å². The van der Waals surface area contributed by atoms with Gasteiger partial charge in [-0.15, -0.1) is 0 Å². The van der Waals surface area contributed by atoms with Gasteiger partial charge < -0.3 is 4.74 Å². The van der Waals surface area contributed by atoms with Crippen molar-refractivity contribution in [3.05, 3.63) is 57.0 Å². The summed E-state index contributed by atoms with van der Waals surface area (Å²) >= 11 is 9.37. The molecule has 90 valence electrons. The highest BCUT2D eigenvalue weighted by molar-refractivity contribution is 9.10. The Morgan fingerprint density at radius 2 is 1.94 bits per heavy atom. The summed E-state index contributed by atoms with van der Waals surface area (Å²) in [7, 11) is 0. The van der Waals surface area contributed by atoms with Gasteiger partial charge in [-0.25, -0.2) is 0 Å². The predicted octanol–water partition coefficient (Wildman–Crippen LogP) is 5.07. The van der Waals surface area contributed by atoms with E-state index < -0.39 is 0 Å². The highest BCUT2D eigenvalue weighted by Crippen LogP contribution is 2.33. The van der Waals surface area contributed by atoms with Gasteiger partial charge >= 0.3 is 0 Å². The molecule has 0 aliphatic carbocycles. The third-order valence-electron chi connectivity index (χ3n) is 2.44. The van der Waals surface area contributed by atoms with Crippen LogP contribution in [0.3, 0.4) is 0 Å². The fraction of sp³-hybridized carbons (Fsp3) is 0.0714. The summed E-state index contributed by atoms with van der Waals surface area (Å²) in [4.78, 5) is 0. The molecule has 0 atom stereocenters. The zero-order valence-electron chi connectivity index (χ0n) is 9.58. The number of hydrogen-bond acceptors (Lipinski definition) is 2. The van der Waals surface area contributed by atoms with Crippen LogP contribution in [0.5, 0.6) is 11.5 Å². The summed E-state index contributed by atoms with van der Waals surface area (Å²) in [5.41, 5.74) is 1.47. The maximum Gasteiger partial charge on any atom is 0.146 e. The lowest BCUT2D eigenvalue weighted by atomic mass is 10.1. The first-order chi connectivity index (χ1) is 8.61. The van der Waals surface area contributed by atoms with Gasteiger partial charge in [-0.05, 0) is 52.7 Å². The van der Waals surface area contributed by atoms with Crippen LogP contribution in [0.2, 0.25) is 5.02 Å². The van der Waals surface area contributed by atoms with Gasteiger partial charge in [0.2, 0.25) is 0 Å². The Morgan fingerprint density at radius 1 is 1.22 bits per heavy atom. The summed E-state index contributed by atoms with van der Waals surface area (Å²) in [6.45, 7) is 1.89. The van der Waals surface area contributed by atoms with E-state index >= 15 is 0 Å². The average molecular weight is 323 g/mol. The first kappa shape index (κ1) is 12.9. The number of rotatable bonds is 2. The monoisotopic (exact) mass is 321 g/mol. The van der Waals surface area contributed by atoms with Crippen molar-refractivity contribution in [2.75, 3.05) is 0 Å². The van der Waals surface area contributed by atoms with Crippen LogP contribution in [0.1, 0.15) is 11.1 Å². The molecule has 0 aromatic heterocycles. The average Bonchev–Trinajstić information content (AvgIpc) is 2.36. The van der Waals surface area contributed by atoms with E-state index in [0.717, 1.165) is 5.56 Å². The number of aryl methyl sites for hydroxylation is 1. The normalized spacial score (nSPS) is 9.89. The van der Waals surface area contributed by atoms with Crippen molar-refractivity contribution in [1.82, 2.24) is 0 Å². The molecule has 0 saturated carbocycles.